The van der Waals surface area contributed by atoms with E-state index in [0.29, 0.717) is 18.8 Å². The van der Waals surface area contributed by atoms with Crippen LogP contribution in [-0.4, -0.2) is 50.4 Å². The predicted molar refractivity (Wildman–Crippen MR) is 128 cm³/mol. The summed E-state index contributed by atoms with van der Waals surface area (Å²) in [6.45, 7) is 6.38. The Hall–Kier alpha value is -3.55. The molecule has 3 rings (SSSR count). The summed E-state index contributed by atoms with van der Waals surface area (Å²) in [5, 5.41) is 17.1. The molecule has 1 atom stereocenters. The van der Waals surface area contributed by atoms with Crippen LogP contribution >= 0.6 is 0 Å². The molecule has 3 aromatic rings. The highest BCUT2D eigenvalue weighted by molar-refractivity contribution is 5.87. The number of H-pyrrole nitrogens is 1. The van der Waals surface area contributed by atoms with Crippen LogP contribution in [0.4, 0.5) is 0 Å². The van der Waals surface area contributed by atoms with Crippen molar-refractivity contribution in [1.82, 2.24) is 30.8 Å². The van der Waals surface area contributed by atoms with Crippen LogP contribution in [0.5, 0.6) is 0 Å². The van der Waals surface area contributed by atoms with Gasteiger partial charge in [-0.3, -0.25) is 9.59 Å². The summed E-state index contributed by atoms with van der Waals surface area (Å²) in [5.74, 6) is 0.399. The maximum absolute atomic E-state index is 13.1. The van der Waals surface area contributed by atoms with E-state index in [4.69, 9.17) is 0 Å². The second kappa shape index (κ2) is 11.4. The Bertz CT molecular complexity index is 1050. The average molecular weight is 449 g/mol. The fourth-order valence-corrected chi connectivity index (χ4v) is 3.96. The maximum Gasteiger partial charge on any atom is 0.242 e. The van der Waals surface area contributed by atoms with Crippen molar-refractivity contribution >= 4 is 11.8 Å². The van der Waals surface area contributed by atoms with Gasteiger partial charge in [-0.25, -0.2) is 0 Å². The first-order valence-corrected chi connectivity index (χ1v) is 11.4. The van der Waals surface area contributed by atoms with E-state index in [-0.39, 0.29) is 17.7 Å². The number of aromatic amines is 1. The summed E-state index contributed by atoms with van der Waals surface area (Å²) >= 11 is 0. The molecule has 33 heavy (non-hydrogen) atoms. The van der Waals surface area contributed by atoms with E-state index < -0.39 is 6.04 Å². The molecule has 1 heterocycles. The third-order valence-electron chi connectivity index (χ3n) is 5.68. The Morgan fingerprint density at radius 1 is 1.06 bits per heavy atom. The van der Waals surface area contributed by atoms with Crippen molar-refractivity contribution in [2.45, 2.75) is 52.6 Å². The number of carbonyl (C=O) groups excluding carboxylic acids is 2. The normalized spacial score (nSPS) is 11.9. The summed E-state index contributed by atoms with van der Waals surface area (Å²) in [6.07, 6.45) is 2.17. The Morgan fingerprint density at radius 3 is 2.33 bits per heavy atom. The highest BCUT2D eigenvalue weighted by Crippen LogP contribution is 2.30. The number of hydrogen-bond acceptors (Lipinski definition) is 5. The molecule has 0 fully saturated rings. The smallest absolute Gasteiger partial charge is 0.242 e. The lowest BCUT2D eigenvalue weighted by atomic mass is 9.97. The number of amides is 2. The van der Waals surface area contributed by atoms with Gasteiger partial charge in [0.2, 0.25) is 17.6 Å². The molecule has 0 bridgehead atoms. The zero-order valence-corrected chi connectivity index (χ0v) is 19.7. The van der Waals surface area contributed by atoms with Crippen molar-refractivity contribution < 1.29 is 9.59 Å². The van der Waals surface area contributed by atoms with Crippen molar-refractivity contribution in [3.63, 3.8) is 0 Å². The van der Waals surface area contributed by atoms with Gasteiger partial charge in [0, 0.05) is 25.6 Å². The van der Waals surface area contributed by atoms with E-state index in [0.717, 1.165) is 35.1 Å². The molecule has 2 amide bonds. The van der Waals surface area contributed by atoms with Crippen molar-refractivity contribution in [3.05, 3.63) is 54.1 Å². The highest BCUT2D eigenvalue weighted by Gasteiger charge is 2.31. The summed E-state index contributed by atoms with van der Waals surface area (Å²) < 4.78 is 0. The minimum absolute atomic E-state index is 0.00311. The number of benzene rings is 2. The first-order valence-electron chi connectivity index (χ1n) is 11.4. The number of hydrogen-bond donors (Lipinski definition) is 2. The molecule has 0 aliphatic rings. The number of tetrazole rings is 1. The number of aromatic nitrogens is 4. The van der Waals surface area contributed by atoms with Crippen LogP contribution in [0.25, 0.3) is 22.5 Å². The number of rotatable bonds is 10. The number of unbranched alkanes of at least 4 members (excludes halogenated alkanes) is 1. The van der Waals surface area contributed by atoms with Crippen molar-refractivity contribution in [3.8, 4) is 22.5 Å². The van der Waals surface area contributed by atoms with Crippen LogP contribution < -0.4 is 5.32 Å². The first kappa shape index (κ1) is 24.1. The summed E-state index contributed by atoms with van der Waals surface area (Å²) in [7, 11) is 1.61. The quantitative estimate of drug-likeness (QED) is 0.491. The van der Waals surface area contributed by atoms with E-state index in [2.05, 4.69) is 32.9 Å². The Kier molecular flexibility index (Phi) is 8.29. The summed E-state index contributed by atoms with van der Waals surface area (Å²) in [5.41, 5.74) is 3.85. The van der Waals surface area contributed by atoms with Gasteiger partial charge >= 0.3 is 0 Å². The maximum atomic E-state index is 13.1. The lowest BCUT2D eigenvalue weighted by molar-refractivity contribution is -0.142. The minimum atomic E-state index is -0.516. The number of nitrogens with zero attached hydrogens (tertiary/aromatic N) is 4. The van der Waals surface area contributed by atoms with Crippen LogP contribution in [-0.2, 0) is 16.1 Å². The molecular weight excluding hydrogens is 416 g/mol. The highest BCUT2D eigenvalue weighted by atomic mass is 16.2. The molecular formula is C25H32N6O2. The topological polar surface area (TPSA) is 104 Å². The number of carbonyl (C=O) groups is 2. The second-order valence-corrected chi connectivity index (χ2v) is 8.41. The second-order valence-electron chi connectivity index (χ2n) is 8.41. The summed E-state index contributed by atoms with van der Waals surface area (Å²) in [4.78, 5) is 27.4. The first-order chi connectivity index (χ1) is 16.0. The SMILES string of the molecule is CCCCC(=O)N(Cc1ccc(-c2ccccc2-c2nn[nH]n2)cc1)C(C(=O)NC)C(C)C. The van der Waals surface area contributed by atoms with E-state index in [1.807, 2.05) is 62.4 Å². The van der Waals surface area contributed by atoms with Crippen LogP contribution in [0.15, 0.2) is 48.5 Å². The molecule has 0 saturated carbocycles. The van der Waals surface area contributed by atoms with E-state index in [9.17, 15) is 9.59 Å². The van der Waals surface area contributed by atoms with Gasteiger partial charge in [0.1, 0.15) is 6.04 Å². The van der Waals surface area contributed by atoms with Crippen molar-refractivity contribution in [2.75, 3.05) is 7.05 Å². The Balaban J connectivity index is 1.88. The standard InChI is InChI=1S/C25H32N6O2/c1-5-6-11-22(32)31(23(17(2)3)25(33)26-4)16-18-12-14-19(15-13-18)20-9-7-8-10-21(20)24-27-29-30-28-24/h7-10,12-15,17,23H,5-6,11,16H2,1-4H3,(H,26,33)(H,27,28,29,30). The van der Waals surface area contributed by atoms with Gasteiger partial charge in [-0.2, -0.15) is 5.21 Å². The van der Waals surface area contributed by atoms with Crippen molar-refractivity contribution in [2.24, 2.45) is 5.92 Å². The molecule has 0 spiro atoms. The molecule has 2 aromatic carbocycles. The number of nitrogens with one attached hydrogen (secondary N) is 2. The fourth-order valence-electron chi connectivity index (χ4n) is 3.96. The minimum Gasteiger partial charge on any atom is -0.357 e. The van der Waals surface area contributed by atoms with Crippen LogP contribution in [0.1, 0.15) is 45.6 Å². The average Bonchev–Trinajstić information content (AvgIpc) is 3.37. The van der Waals surface area contributed by atoms with Crippen LogP contribution in [0.3, 0.4) is 0 Å². The van der Waals surface area contributed by atoms with Gasteiger partial charge in [0.05, 0.1) is 0 Å². The number of likely N-dealkylation sites (N-methyl/N-ethyl adjacent to an activating group) is 1. The lowest BCUT2D eigenvalue weighted by Crippen LogP contribution is -2.51. The molecule has 0 radical (unpaired) electrons. The monoisotopic (exact) mass is 448 g/mol. The van der Waals surface area contributed by atoms with Gasteiger partial charge in [-0.05, 0) is 34.2 Å². The van der Waals surface area contributed by atoms with Gasteiger partial charge in [0.15, 0.2) is 0 Å². The van der Waals surface area contributed by atoms with Gasteiger partial charge in [-0.15, -0.1) is 10.2 Å². The van der Waals surface area contributed by atoms with Gasteiger partial charge < -0.3 is 10.2 Å². The van der Waals surface area contributed by atoms with Crippen LogP contribution in [0, 0.1) is 5.92 Å². The zero-order chi connectivity index (χ0) is 23.8. The molecule has 174 valence electrons. The molecule has 8 heteroatoms. The molecule has 8 nitrogen and oxygen atoms in total. The van der Waals surface area contributed by atoms with Gasteiger partial charge in [-0.1, -0.05) is 75.7 Å². The van der Waals surface area contributed by atoms with E-state index in [1.54, 1.807) is 11.9 Å². The molecule has 0 aliphatic carbocycles. The lowest BCUT2D eigenvalue weighted by Gasteiger charge is -2.33. The van der Waals surface area contributed by atoms with Crippen LogP contribution in [0.2, 0.25) is 0 Å². The van der Waals surface area contributed by atoms with E-state index >= 15 is 0 Å². The molecule has 2 N–H and O–H groups in total. The largest absolute Gasteiger partial charge is 0.357 e. The fraction of sp³-hybridized carbons (Fsp3) is 0.400. The third-order valence-corrected chi connectivity index (χ3v) is 5.68. The molecule has 0 aliphatic heterocycles. The van der Waals surface area contributed by atoms with Crippen molar-refractivity contribution in [1.29, 1.82) is 0 Å². The molecule has 1 unspecified atom stereocenters. The third kappa shape index (κ3) is 5.83. The molecule has 1 aromatic heterocycles. The zero-order valence-electron chi connectivity index (χ0n) is 19.7. The predicted octanol–water partition coefficient (Wildman–Crippen LogP) is 3.82. The Labute approximate surface area is 194 Å². The van der Waals surface area contributed by atoms with Gasteiger partial charge in [0.25, 0.3) is 0 Å². The Morgan fingerprint density at radius 2 is 1.76 bits per heavy atom. The molecule has 0 saturated heterocycles. The summed E-state index contributed by atoms with van der Waals surface area (Å²) in [6, 6.07) is 15.4. The van der Waals surface area contributed by atoms with E-state index in [1.165, 1.54) is 0 Å².